The Kier molecular flexibility index (Phi) is 5.38. The number of aromatic nitrogens is 5. The van der Waals surface area contributed by atoms with Crippen molar-refractivity contribution in [1.29, 1.82) is 0 Å². The van der Waals surface area contributed by atoms with Crippen molar-refractivity contribution in [2.24, 2.45) is 0 Å². The fraction of sp³-hybridized carbons (Fsp3) is 0.200. The van der Waals surface area contributed by atoms with Gasteiger partial charge in [-0.3, -0.25) is 0 Å². The van der Waals surface area contributed by atoms with Crippen molar-refractivity contribution >= 4 is 40.3 Å². The normalized spacial score (nSPS) is 10.9. The first kappa shape index (κ1) is 18.2. The molecule has 0 amide bonds. The molecule has 7 nitrogen and oxygen atoms in total. The monoisotopic (exact) mass is 391 g/mol. The van der Waals surface area contributed by atoms with Gasteiger partial charge in [0.1, 0.15) is 23.4 Å². The maximum atomic E-state index is 4.56. The van der Waals surface area contributed by atoms with Crippen LogP contribution in [0.5, 0.6) is 0 Å². The lowest BCUT2D eigenvalue weighted by Crippen LogP contribution is -2.00. The molecule has 3 heterocycles. The van der Waals surface area contributed by atoms with Gasteiger partial charge in [-0.1, -0.05) is 24.9 Å². The second-order valence-corrected chi connectivity index (χ2v) is 7.23. The number of hydrogen-bond donors (Lipinski definition) is 3. The van der Waals surface area contributed by atoms with E-state index >= 15 is 0 Å². The zero-order valence-corrected chi connectivity index (χ0v) is 16.5. The van der Waals surface area contributed by atoms with Crippen molar-refractivity contribution in [3.63, 3.8) is 0 Å². The first-order valence-corrected chi connectivity index (χ1v) is 10.1. The maximum Gasteiger partial charge on any atom is 0.181 e. The molecule has 0 saturated heterocycles. The Labute approximate surface area is 167 Å². The number of benzene rings is 1. The molecule has 142 valence electrons. The van der Waals surface area contributed by atoms with Gasteiger partial charge in [0.15, 0.2) is 5.65 Å². The molecule has 0 spiro atoms. The molecule has 0 bridgehead atoms. The molecule has 0 unspecified atom stereocenters. The second-order valence-electron chi connectivity index (χ2n) is 6.33. The zero-order valence-electron chi connectivity index (χ0n) is 15.7. The van der Waals surface area contributed by atoms with E-state index in [0.29, 0.717) is 5.65 Å². The van der Waals surface area contributed by atoms with E-state index in [4.69, 9.17) is 0 Å². The number of nitrogens with one attached hydrogen (secondary N) is 3. The van der Waals surface area contributed by atoms with Gasteiger partial charge in [0.05, 0.1) is 6.33 Å². The summed E-state index contributed by atoms with van der Waals surface area (Å²) in [7, 11) is 0. The highest BCUT2D eigenvalue weighted by Gasteiger charge is 2.14. The minimum atomic E-state index is 0.634. The van der Waals surface area contributed by atoms with Crippen molar-refractivity contribution in [2.45, 2.75) is 20.3 Å². The summed E-state index contributed by atoms with van der Waals surface area (Å²) in [5.41, 5.74) is 6.27. The van der Waals surface area contributed by atoms with Crippen molar-refractivity contribution in [2.75, 3.05) is 15.8 Å². The fourth-order valence-electron chi connectivity index (χ4n) is 2.85. The van der Waals surface area contributed by atoms with Crippen molar-refractivity contribution in [3.05, 3.63) is 54.7 Å². The van der Waals surface area contributed by atoms with Crippen LogP contribution in [0.4, 0.5) is 17.2 Å². The van der Waals surface area contributed by atoms with E-state index in [1.165, 1.54) is 6.33 Å². The van der Waals surface area contributed by atoms with Crippen LogP contribution >= 0.6 is 11.9 Å². The lowest BCUT2D eigenvalue weighted by atomic mass is 10.1. The van der Waals surface area contributed by atoms with Crippen LogP contribution in [0.25, 0.3) is 22.4 Å². The van der Waals surface area contributed by atoms with Crippen LogP contribution in [0, 0.1) is 6.92 Å². The van der Waals surface area contributed by atoms with Crippen LogP contribution in [-0.4, -0.2) is 30.7 Å². The summed E-state index contributed by atoms with van der Waals surface area (Å²) in [6, 6.07) is 10.2. The second kappa shape index (κ2) is 8.26. The lowest BCUT2D eigenvalue weighted by Gasteiger charge is -2.14. The Morgan fingerprint density at radius 1 is 1.11 bits per heavy atom. The smallest absolute Gasteiger partial charge is 0.181 e. The van der Waals surface area contributed by atoms with Gasteiger partial charge < -0.3 is 15.0 Å². The topological polar surface area (TPSA) is 91.4 Å². The summed E-state index contributed by atoms with van der Waals surface area (Å²) in [5.74, 6) is 1.80. The number of pyridine rings is 1. The van der Waals surface area contributed by atoms with E-state index in [1.807, 2.05) is 12.1 Å². The van der Waals surface area contributed by atoms with Gasteiger partial charge in [-0.2, -0.15) is 0 Å². The molecule has 4 rings (SSSR count). The van der Waals surface area contributed by atoms with Gasteiger partial charge in [0.2, 0.25) is 0 Å². The van der Waals surface area contributed by atoms with E-state index in [9.17, 15) is 0 Å². The highest BCUT2D eigenvalue weighted by molar-refractivity contribution is 8.00. The molecule has 0 radical (unpaired) electrons. The maximum absolute atomic E-state index is 4.56. The number of aromatic amines is 1. The lowest BCUT2D eigenvalue weighted by molar-refractivity contribution is 1.11. The zero-order chi connectivity index (χ0) is 19.3. The summed E-state index contributed by atoms with van der Waals surface area (Å²) in [4.78, 5) is 20.6. The fourth-order valence-corrected chi connectivity index (χ4v) is 3.45. The van der Waals surface area contributed by atoms with E-state index in [1.54, 1.807) is 24.5 Å². The van der Waals surface area contributed by atoms with Crippen LogP contribution in [0.15, 0.2) is 49.2 Å². The van der Waals surface area contributed by atoms with E-state index in [0.717, 1.165) is 51.7 Å². The SMILES string of the molecule is CCCSNc1ccc(C)c(Nc2ncccc2-c2ncnc3nc[nH]c23)c1. The molecule has 0 saturated carbocycles. The number of anilines is 3. The highest BCUT2D eigenvalue weighted by atomic mass is 32.2. The molecule has 3 N–H and O–H groups in total. The van der Waals surface area contributed by atoms with Gasteiger partial charge in [-0.15, -0.1) is 0 Å². The van der Waals surface area contributed by atoms with Crippen molar-refractivity contribution in [1.82, 2.24) is 24.9 Å². The first-order chi connectivity index (χ1) is 13.8. The van der Waals surface area contributed by atoms with Crippen molar-refractivity contribution < 1.29 is 0 Å². The van der Waals surface area contributed by atoms with Crippen LogP contribution in [-0.2, 0) is 0 Å². The van der Waals surface area contributed by atoms with Gasteiger partial charge in [0.25, 0.3) is 0 Å². The predicted octanol–water partition coefficient (Wildman–Crippen LogP) is 4.94. The molecule has 0 aliphatic heterocycles. The van der Waals surface area contributed by atoms with Crippen LogP contribution < -0.4 is 10.0 Å². The molecule has 0 fully saturated rings. The average molecular weight is 392 g/mol. The van der Waals surface area contributed by atoms with Gasteiger partial charge >= 0.3 is 0 Å². The Morgan fingerprint density at radius 2 is 2.04 bits per heavy atom. The Bertz CT molecular complexity index is 1090. The third kappa shape index (κ3) is 3.77. The summed E-state index contributed by atoms with van der Waals surface area (Å²) in [6.07, 6.45) is 6.05. The van der Waals surface area contributed by atoms with E-state index < -0.39 is 0 Å². The quantitative estimate of drug-likeness (QED) is 0.304. The molecule has 0 atom stereocenters. The molecule has 0 aliphatic carbocycles. The molecule has 0 aliphatic rings. The van der Waals surface area contributed by atoms with Crippen LogP contribution in [0.1, 0.15) is 18.9 Å². The first-order valence-electron chi connectivity index (χ1n) is 9.11. The number of fused-ring (bicyclic) bond motifs is 1. The molecule has 3 aromatic heterocycles. The Balaban J connectivity index is 1.68. The number of aryl methyl sites for hydroxylation is 1. The molecule has 4 aromatic rings. The third-order valence-electron chi connectivity index (χ3n) is 4.27. The number of H-pyrrole nitrogens is 1. The highest BCUT2D eigenvalue weighted by Crippen LogP contribution is 2.32. The molecule has 1 aromatic carbocycles. The Morgan fingerprint density at radius 3 is 2.93 bits per heavy atom. The van der Waals surface area contributed by atoms with Crippen LogP contribution in [0.3, 0.4) is 0 Å². The minimum absolute atomic E-state index is 0.634. The molecule has 28 heavy (non-hydrogen) atoms. The Hall–Kier alpha value is -3.13. The third-order valence-corrected chi connectivity index (χ3v) is 5.27. The van der Waals surface area contributed by atoms with Crippen LogP contribution in [0.2, 0.25) is 0 Å². The number of rotatable bonds is 7. The number of imidazole rings is 1. The van der Waals surface area contributed by atoms with Crippen molar-refractivity contribution in [3.8, 4) is 11.3 Å². The number of hydrogen-bond acceptors (Lipinski definition) is 7. The van der Waals surface area contributed by atoms with Gasteiger partial charge in [0, 0.05) is 28.9 Å². The summed E-state index contributed by atoms with van der Waals surface area (Å²) < 4.78 is 3.39. The summed E-state index contributed by atoms with van der Waals surface area (Å²) in [5, 5.41) is 3.47. The summed E-state index contributed by atoms with van der Waals surface area (Å²) in [6.45, 7) is 4.24. The largest absolute Gasteiger partial charge is 0.341 e. The van der Waals surface area contributed by atoms with E-state index in [-0.39, 0.29) is 0 Å². The molecular formula is C20H21N7S. The summed E-state index contributed by atoms with van der Waals surface area (Å²) >= 11 is 1.71. The molecule has 8 heteroatoms. The van der Waals surface area contributed by atoms with Gasteiger partial charge in [-0.25, -0.2) is 19.9 Å². The number of nitrogens with zero attached hydrogens (tertiary/aromatic N) is 4. The van der Waals surface area contributed by atoms with Gasteiger partial charge in [-0.05, 0) is 43.2 Å². The predicted molar refractivity (Wildman–Crippen MR) is 116 cm³/mol. The molecular weight excluding hydrogens is 370 g/mol. The average Bonchev–Trinajstić information content (AvgIpc) is 3.20. The minimum Gasteiger partial charge on any atom is -0.341 e. The standard InChI is InChI=1S/C20H21N7S/c1-3-9-28-27-14-7-6-13(2)16(10-14)26-19-15(5-4-8-21-19)17-18-20(24-11-22-17)25-12-23-18/h4-8,10-12,27H,3,9H2,1-2H3,(H,21,26)(H,22,23,24,25). The van der Waals surface area contributed by atoms with E-state index in [2.05, 4.69) is 67.0 Å².